The van der Waals surface area contributed by atoms with Gasteiger partial charge in [0.1, 0.15) is 17.4 Å². The highest BCUT2D eigenvalue weighted by molar-refractivity contribution is 6.33. The molecular weight excluding hydrogens is 456 g/mol. The quantitative estimate of drug-likeness (QED) is 0.177. The Bertz CT molecular complexity index is 1220. The molecule has 4 rings (SSSR count). The number of nitrogens with zero attached hydrogens (tertiary/aromatic N) is 4. The summed E-state index contributed by atoms with van der Waals surface area (Å²) >= 11 is 6.51. The molecule has 3 aromatic heterocycles. The summed E-state index contributed by atoms with van der Waals surface area (Å²) in [6.07, 6.45) is 6.13. The lowest BCUT2D eigenvalue weighted by molar-refractivity contribution is -0.151. The van der Waals surface area contributed by atoms with Crippen LogP contribution in [0.25, 0.3) is 22.7 Å². The Kier molecular flexibility index (Phi) is 7.86. The van der Waals surface area contributed by atoms with E-state index >= 15 is 0 Å². The summed E-state index contributed by atoms with van der Waals surface area (Å²) in [5.41, 5.74) is 0.869. The highest BCUT2D eigenvalue weighted by atomic mass is 35.5. The van der Waals surface area contributed by atoms with Crippen LogP contribution in [0.2, 0.25) is 5.15 Å². The van der Waals surface area contributed by atoms with Gasteiger partial charge in [-0.05, 0) is 31.4 Å². The summed E-state index contributed by atoms with van der Waals surface area (Å²) in [6.45, 7) is 5.87. The molecule has 2 atom stereocenters. The highest BCUT2D eigenvalue weighted by Gasteiger charge is 2.37. The first kappa shape index (κ1) is 24.2. The number of aryl methyl sites for hydroxylation is 1. The van der Waals surface area contributed by atoms with Gasteiger partial charge in [0, 0.05) is 19.8 Å². The first-order chi connectivity index (χ1) is 16.5. The molecule has 1 fully saturated rings. The molecule has 34 heavy (non-hydrogen) atoms. The van der Waals surface area contributed by atoms with Gasteiger partial charge in [0.25, 0.3) is 0 Å². The van der Waals surface area contributed by atoms with Crippen molar-refractivity contribution in [3.05, 3.63) is 28.9 Å². The minimum absolute atomic E-state index is 0.197. The number of imidazole rings is 1. The van der Waals surface area contributed by atoms with Crippen molar-refractivity contribution in [2.45, 2.75) is 78.0 Å². The SMILES string of the molecule is CCCCCCCC#Cc1nc(Cl)c2nc(-c3ccc(C)o3)n(C3OCCC3OC(C)=O)c2n1. The molecule has 3 aromatic rings. The zero-order chi connectivity index (χ0) is 24.1. The smallest absolute Gasteiger partial charge is 0.303 e. The van der Waals surface area contributed by atoms with E-state index in [-0.39, 0.29) is 11.1 Å². The topological polar surface area (TPSA) is 92.3 Å². The molecule has 1 aliphatic heterocycles. The average Bonchev–Trinajstić information content (AvgIpc) is 3.51. The van der Waals surface area contributed by atoms with Crippen molar-refractivity contribution in [2.24, 2.45) is 0 Å². The van der Waals surface area contributed by atoms with Crippen LogP contribution in [-0.4, -0.2) is 38.2 Å². The van der Waals surface area contributed by atoms with E-state index in [1.54, 1.807) is 4.57 Å². The molecule has 0 radical (unpaired) electrons. The lowest BCUT2D eigenvalue weighted by atomic mass is 10.1. The molecule has 2 unspecified atom stereocenters. The molecule has 1 saturated heterocycles. The monoisotopic (exact) mass is 484 g/mol. The van der Waals surface area contributed by atoms with Crippen LogP contribution in [-0.2, 0) is 14.3 Å². The Balaban J connectivity index is 1.72. The van der Waals surface area contributed by atoms with E-state index in [1.165, 1.54) is 32.6 Å². The van der Waals surface area contributed by atoms with Crippen molar-refractivity contribution in [1.82, 2.24) is 19.5 Å². The molecule has 1 aliphatic rings. The van der Waals surface area contributed by atoms with Gasteiger partial charge in [-0.25, -0.2) is 15.0 Å². The summed E-state index contributed by atoms with van der Waals surface area (Å²) in [5.74, 6) is 7.87. The van der Waals surface area contributed by atoms with Gasteiger partial charge in [0.15, 0.2) is 28.6 Å². The third-order valence-electron chi connectivity index (χ3n) is 5.64. The normalized spacial score (nSPS) is 17.6. The second-order valence-electron chi connectivity index (χ2n) is 8.39. The number of hydrogen-bond donors (Lipinski definition) is 0. The molecule has 0 N–H and O–H groups in total. The van der Waals surface area contributed by atoms with Crippen LogP contribution in [0.4, 0.5) is 0 Å². The molecule has 0 aromatic carbocycles. The van der Waals surface area contributed by atoms with Gasteiger partial charge in [0.05, 0.1) is 6.61 Å². The van der Waals surface area contributed by atoms with Gasteiger partial charge in [-0.3, -0.25) is 9.36 Å². The van der Waals surface area contributed by atoms with Crippen LogP contribution in [0.3, 0.4) is 0 Å². The van der Waals surface area contributed by atoms with Gasteiger partial charge in [-0.2, -0.15) is 0 Å². The summed E-state index contributed by atoms with van der Waals surface area (Å²) < 4.78 is 19.1. The molecule has 180 valence electrons. The lowest BCUT2D eigenvalue weighted by Gasteiger charge is -2.21. The third-order valence-corrected chi connectivity index (χ3v) is 5.91. The minimum atomic E-state index is -0.625. The summed E-state index contributed by atoms with van der Waals surface area (Å²) in [4.78, 5) is 25.4. The molecule has 0 amide bonds. The summed E-state index contributed by atoms with van der Waals surface area (Å²) in [6, 6.07) is 3.67. The lowest BCUT2D eigenvalue weighted by Crippen LogP contribution is -2.25. The van der Waals surface area contributed by atoms with Crippen molar-refractivity contribution in [1.29, 1.82) is 0 Å². The number of unbranched alkanes of at least 4 members (excludes halogenated alkanes) is 5. The van der Waals surface area contributed by atoms with E-state index in [4.69, 9.17) is 25.5 Å². The van der Waals surface area contributed by atoms with Gasteiger partial charge in [0.2, 0.25) is 5.82 Å². The van der Waals surface area contributed by atoms with E-state index in [0.29, 0.717) is 41.6 Å². The second-order valence-corrected chi connectivity index (χ2v) is 8.75. The van der Waals surface area contributed by atoms with E-state index in [0.717, 1.165) is 18.6 Å². The number of fused-ring (bicyclic) bond motifs is 1. The maximum Gasteiger partial charge on any atom is 0.303 e. The van der Waals surface area contributed by atoms with Gasteiger partial charge >= 0.3 is 5.97 Å². The molecule has 0 spiro atoms. The van der Waals surface area contributed by atoms with Crippen molar-refractivity contribution in [3.8, 4) is 23.4 Å². The molecule has 0 aliphatic carbocycles. The number of carbonyl (C=O) groups is 1. The van der Waals surface area contributed by atoms with Gasteiger partial charge in [-0.1, -0.05) is 50.1 Å². The summed E-state index contributed by atoms with van der Waals surface area (Å²) in [7, 11) is 0. The number of hydrogen-bond acceptors (Lipinski definition) is 7. The summed E-state index contributed by atoms with van der Waals surface area (Å²) in [5, 5.41) is 0.197. The Morgan fingerprint density at radius 1 is 1.24 bits per heavy atom. The van der Waals surface area contributed by atoms with E-state index in [1.807, 2.05) is 19.1 Å². The standard InChI is InChI=1S/C25H29ClN4O4/c1-4-5-6-7-8-9-10-11-20-27-22(26)21-24(28-20)30(23(29-21)18-13-12-16(2)33-18)25-19(14-15-32-25)34-17(3)31/h12-13,19,25H,4-9,14-15H2,1-3H3. The molecule has 4 heterocycles. The zero-order valence-corrected chi connectivity index (χ0v) is 20.5. The molecular formula is C25H29ClN4O4. The van der Waals surface area contributed by atoms with Crippen LogP contribution in [0.15, 0.2) is 16.5 Å². The number of carbonyl (C=O) groups excluding carboxylic acids is 1. The predicted molar refractivity (Wildman–Crippen MR) is 128 cm³/mol. The zero-order valence-electron chi connectivity index (χ0n) is 19.8. The second kappa shape index (κ2) is 11.0. The number of esters is 1. The maximum absolute atomic E-state index is 11.7. The molecule has 0 bridgehead atoms. The molecule has 8 nitrogen and oxygen atoms in total. The Hall–Kier alpha value is -2.89. The van der Waals surface area contributed by atoms with Crippen LogP contribution < -0.4 is 0 Å². The largest absolute Gasteiger partial charge is 0.458 e. The van der Waals surface area contributed by atoms with E-state index in [2.05, 4.69) is 33.7 Å². The van der Waals surface area contributed by atoms with E-state index < -0.39 is 12.3 Å². The minimum Gasteiger partial charge on any atom is -0.458 e. The number of furan rings is 1. The fraction of sp³-hybridized carbons (Fsp3) is 0.520. The van der Waals surface area contributed by atoms with Crippen LogP contribution in [0.5, 0.6) is 0 Å². The Morgan fingerprint density at radius 2 is 2.06 bits per heavy atom. The van der Waals surface area contributed by atoms with Gasteiger partial charge in [-0.15, -0.1) is 0 Å². The first-order valence-electron chi connectivity index (χ1n) is 11.8. The molecule has 9 heteroatoms. The third kappa shape index (κ3) is 5.43. The van der Waals surface area contributed by atoms with E-state index in [9.17, 15) is 4.79 Å². The van der Waals surface area contributed by atoms with Crippen molar-refractivity contribution < 1.29 is 18.7 Å². The van der Waals surface area contributed by atoms with Crippen molar-refractivity contribution in [3.63, 3.8) is 0 Å². The van der Waals surface area contributed by atoms with Crippen molar-refractivity contribution in [2.75, 3.05) is 6.61 Å². The van der Waals surface area contributed by atoms with Crippen LogP contribution >= 0.6 is 11.6 Å². The van der Waals surface area contributed by atoms with Gasteiger partial charge < -0.3 is 13.9 Å². The fourth-order valence-corrected chi connectivity index (χ4v) is 4.26. The number of rotatable bonds is 8. The number of aromatic nitrogens is 4. The first-order valence-corrected chi connectivity index (χ1v) is 12.2. The van der Waals surface area contributed by atoms with Crippen LogP contribution in [0, 0.1) is 18.8 Å². The number of ether oxygens (including phenoxy) is 2. The van der Waals surface area contributed by atoms with Crippen LogP contribution in [0.1, 0.15) is 76.6 Å². The van der Waals surface area contributed by atoms with Crippen molar-refractivity contribution >= 4 is 28.7 Å². The molecule has 0 saturated carbocycles. The maximum atomic E-state index is 11.7. The highest BCUT2D eigenvalue weighted by Crippen LogP contribution is 2.36. The fourth-order valence-electron chi connectivity index (χ4n) is 4.05. The Morgan fingerprint density at radius 3 is 2.79 bits per heavy atom. The Labute approximate surface area is 204 Å². The predicted octanol–water partition coefficient (Wildman–Crippen LogP) is 5.61. The number of halogens is 1. The average molecular weight is 485 g/mol.